The van der Waals surface area contributed by atoms with Crippen LogP contribution >= 0.6 is 0 Å². The maximum absolute atomic E-state index is 14.3. The van der Waals surface area contributed by atoms with Gasteiger partial charge in [0, 0.05) is 12.1 Å². The normalized spacial score (nSPS) is 11.4. The maximum atomic E-state index is 14.3. The third kappa shape index (κ3) is 6.75. The van der Waals surface area contributed by atoms with E-state index in [1.165, 1.54) is 24.3 Å². The Hall–Kier alpha value is -6.30. The van der Waals surface area contributed by atoms with Gasteiger partial charge >= 0.3 is 0 Å². The van der Waals surface area contributed by atoms with E-state index in [0.29, 0.717) is 22.3 Å². The van der Waals surface area contributed by atoms with E-state index in [0.717, 1.165) is 55.1 Å². The molecule has 0 fully saturated rings. The molecule has 0 aromatic heterocycles. The highest BCUT2D eigenvalue weighted by Crippen LogP contribution is 2.26. The second-order valence-electron chi connectivity index (χ2n) is 13.1. The van der Waals surface area contributed by atoms with E-state index >= 15 is 0 Å². The summed E-state index contributed by atoms with van der Waals surface area (Å²) in [6, 6.07) is 60.9. The lowest BCUT2D eigenvalue weighted by Crippen LogP contribution is -2.74. The standard InChI is InChI=1S/C48H32F4Si/c49-41-27-39(28-42(50)31-41)37-15-23-47(24-16-37)53(45-19-11-35(12-20-45)33-7-3-1-4-8-33,46-21-13-36(14-22-46)34-9-5-2-6-10-34)48-25-17-38(18-26-48)40-29-43(51)32-44(52)30-40/h1-32H. The first kappa shape index (κ1) is 33.8. The van der Waals surface area contributed by atoms with Crippen molar-refractivity contribution in [2.45, 2.75) is 0 Å². The summed E-state index contributed by atoms with van der Waals surface area (Å²) in [7, 11) is -3.14. The Labute approximate surface area is 307 Å². The lowest BCUT2D eigenvalue weighted by molar-refractivity contribution is 0.583. The van der Waals surface area contributed by atoms with Gasteiger partial charge in [-0.15, -0.1) is 0 Å². The molecule has 256 valence electrons. The molecular formula is C48H32F4Si. The van der Waals surface area contributed by atoms with Crippen LogP contribution < -0.4 is 20.7 Å². The molecule has 0 spiro atoms. The summed E-state index contributed by atoms with van der Waals surface area (Å²) in [5.41, 5.74) is 6.68. The molecule has 0 aliphatic carbocycles. The number of halogens is 4. The van der Waals surface area contributed by atoms with Crippen LogP contribution in [0.5, 0.6) is 0 Å². The van der Waals surface area contributed by atoms with Gasteiger partial charge in [-0.05, 0) is 89.5 Å². The average molecular weight is 713 g/mol. The number of benzene rings is 8. The zero-order valence-electron chi connectivity index (χ0n) is 28.5. The molecule has 0 saturated heterocycles. The Morgan fingerprint density at radius 3 is 0.717 bits per heavy atom. The molecule has 0 atom stereocenters. The summed E-state index contributed by atoms with van der Waals surface area (Å²) in [6.45, 7) is 0. The lowest BCUT2D eigenvalue weighted by Gasteiger charge is -2.35. The Morgan fingerprint density at radius 1 is 0.226 bits per heavy atom. The third-order valence-corrected chi connectivity index (χ3v) is 14.7. The van der Waals surface area contributed by atoms with Gasteiger partial charge in [0.1, 0.15) is 23.3 Å². The molecule has 0 aliphatic rings. The van der Waals surface area contributed by atoms with E-state index in [1.807, 2.05) is 60.7 Å². The van der Waals surface area contributed by atoms with Gasteiger partial charge in [0.2, 0.25) is 0 Å². The van der Waals surface area contributed by atoms with Gasteiger partial charge in [0.15, 0.2) is 8.07 Å². The first-order chi connectivity index (χ1) is 25.9. The second-order valence-corrected chi connectivity index (χ2v) is 16.9. The summed E-state index contributed by atoms with van der Waals surface area (Å²) in [4.78, 5) is 0. The number of hydrogen-bond acceptors (Lipinski definition) is 0. The summed E-state index contributed by atoms with van der Waals surface area (Å²) in [5.74, 6) is -2.54. The minimum atomic E-state index is -3.14. The van der Waals surface area contributed by atoms with Crippen LogP contribution in [0.2, 0.25) is 0 Å². The fourth-order valence-electron chi connectivity index (χ4n) is 7.35. The van der Waals surface area contributed by atoms with E-state index in [2.05, 4.69) is 97.1 Å². The van der Waals surface area contributed by atoms with Crippen LogP contribution in [0.25, 0.3) is 44.5 Å². The third-order valence-electron chi connectivity index (χ3n) is 9.88. The van der Waals surface area contributed by atoms with Gasteiger partial charge < -0.3 is 0 Å². The van der Waals surface area contributed by atoms with Crippen molar-refractivity contribution in [1.82, 2.24) is 0 Å². The molecule has 0 bridgehead atoms. The molecule has 0 unspecified atom stereocenters. The molecule has 0 nitrogen and oxygen atoms in total. The molecule has 8 aromatic carbocycles. The topological polar surface area (TPSA) is 0 Å². The van der Waals surface area contributed by atoms with E-state index in [9.17, 15) is 17.6 Å². The number of rotatable bonds is 8. The van der Waals surface area contributed by atoms with Crippen LogP contribution in [0.3, 0.4) is 0 Å². The molecule has 8 rings (SSSR count). The molecule has 53 heavy (non-hydrogen) atoms. The molecule has 0 radical (unpaired) electrons. The molecule has 5 heteroatoms. The highest BCUT2D eigenvalue weighted by molar-refractivity contribution is 7.19. The van der Waals surface area contributed by atoms with E-state index in [1.54, 1.807) is 0 Å². The van der Waals surface area contributed by atoms with Gasteiger partial charge in [-0.1, -0.05) is 158 Å². The predicted molar refractivity (Wildman–Crippen MR) is 212 cm³/mol. The van der Waals surface area contributed by atoms with Crippen LogP contribution in [-0.4, -0.2) is 8.07 Å². The Balaban J connectivity index is 1.35. The molecular weight excluding hydrogens is 681 g/mol. The SMILES string of the molecule is Fc1cc(F)cc(-c2ccc([Si](c3ccc(-c4ccccc4)cc3)(c3ccc(-c4ccccc4)cc3)c3ccc(-c4cc(F)cc(F)c4)cc3)cc2)c1. The fourth-order valence-corrected chi connectivity index (χ4v) is 12.0. The van der Waals surface area contributed by atoms with Crippen molar-refractivity contribution < 1.29 is 17.6 Å². The van der Waals surface area contributed by atoms with Crippen molar-refractivity contribution in [3.05, 3.63) is 217 Å². The van der Waals surface area contributed by atoms with Crippen molar-refractivity contribution >= 4 is 28.8 Å². The molecule has 0 amide bonds. The van der Waals surface area contributed by atoms with Crippen molar-refractivity contribution in [1.29, 1.82) is 0 Å². The molecule has 0 N–H and O–H groups in total. The van der Waals surface area contributed by atoms with Crippen molar-refractivity contribution in [3.8, 4) is 44.5 Å². The second kappa shape index (κ2) is 14.4. The van der Waals surface area contributed by atoms with E-state index in [-0.39, 0.29) is 0 Å². The van der Waals surface area contributed by atoms with Crippen molar-refractivity contribution in [3.63, 3.8) is 0 Å². The van der Waals surface area contributed by atoms with Crippen LogP contribution in [0.4, 0.5) is 17.6 Å². The van der Waals surface area contributed by atoms with Crippen molar-refractivity contribution in [2.24, 2.45) is 0 Å². The van der Waals surface area contributed by atoms with E-state index in [4.69, 9.17) is 0 Å². The highest BCUT2D eigenvalue weighted by Gasteiger charge is 2.41. The summed E-state index contributed by atoms with van der Waals surface area (Å²) < 4.78 is 57.1. The lowest BCUT2D eigenvalue weighted by atomic mass is 10.1. The molecule has 8 aromatic rings. The maximum Gasteiger partial charge on any atom is 0.179 e. The molecule has 0 saturated carbocycles. The van der Waals surface area contributed by atoms with E-state index < -0.39 is 31.3 Å². The summed E-state index contributed by atoms with van der Waals surface area (Å²) in [6.07, 6.45) is 0. The van der Waals surface area contributed by atoms with Crippen molar-refractivity contribution in [2.75, 3.05) is 0 Å². The predicted octanol–water partition coefficient (Wildman–Crippen LogP) is 10.3. The number of hydrogen-bond donors (Lipinski definition) is 0. The minimum Gasteiger partial charge on any atom is -0.207 e. The smallest absolute Gasteiger partial charge is 0.179 e. The Morgan fingerprint density at radius 2 is 0.453 bits per heavy atom. The van der Waals surface area contributed by atoms with Crippen LogP contribution in [0.15, 0.2) is 194 Å². The van der Waals surface area contributed by atoms with Gasteiger partial charge in [-0.25, -0.2) is 17.6 Å². The fraction of sp³-hybridized carbons (Fsp3) is 0. The summed E-state index contributed by atoms with van der Waals surface area (Å²) in [5, 5.41) is 4.36. The summed E-state index contributed by atoms with van der Waals surface area (Å²) >= 11 is 0. The Bertz CT molecular complexity index is 2280. The van der Waals surface area contributed by atoms with Gasteiger partial charge in [-0.3, -0.25) is 0 Å². The largest absolute Gasteiger partial charge is 0.207 e. The quantitative estimate of drug-likeness (QED) is 0.0836. The van der Waals surface area contributed by atoms with Crippen LogP contribution in [-0.2, 0) is 0 Å². The molecule has 0 heterocycles. The zero-order chi connectivity index (χ0) is 36.4. The first-order valence-corrected chi connectivity index (χ1v) is 19.3. The minimum absolute atomic E-state index is 0.451. The first-order valence-electron chi connectivity index (χ1n) is 17.3. The van der Waals surface area contributed by atoms with Crippen LogP contribution in [0.1, 0.15) is 0 Å². The monoisotopic (exact) mass is 712 g/mol. The van der Waals surface area contributed by atoms with Crippen LogP contribution in [0, 0.1) is 23.3 Å². The Kier molecular flexibility index (Phi) is 9.17. The zero-order valence-corrected chi connectivity index (χ0v) is 29.5. The average Bonchev–Trinajstić information content (AvgIpc) is 3.19. The molecule has 0 aliphatic heterocycles. The van der Waals surface area contributed by atoms with Gasteiger partial charge in [0.25, 0.3) is 0 Å². The van der Waals surface area contributed by atoms with Gasteiger partial charge in [-0.2, -0.15) is 0 Å². The highest BCUT2D eigenvalue weighted by atomic mass is 28.3. The van der Waals surface area contributed by atoms with Gasteiger partial charge in [0.05, 0.1) is 0 Å².